The third kappa shape index (κ3) is 3.60. The van der Waals surface area contributed by atoms with Gasteiger partial charge in [0, 0.05) is 11.6 Å². The molecule has 1 aromatic rings. The topological polar surface area (TPSA) is 79.7 Å². The zero-order chi connectivity index (χ0) is 8.32. The number of hydrogen-bond acceptors (Lipinski definition) is 4. The van der Waals surface area contributed by atoms with E-state index < -0.39 is 7.82 Å². The monoisotopic (exact) mass is 195 g/mol. The first-order valence-corrected chi connectivity index (χ1v) is 5.07. The van der Waals surface area contributed by atoms with Crippen LogP contribution in [0.3, 0.4) is 0 Å². The summed E-state index contributed by atoms with van der Waals surface area (Å²) in [4.78, 5) is 20.3. The lowest BCUT2D eigenvalue weighted by atomic mass is 10.8. The minimum atomic E-state index is -4.34. The normalized spacial score (nSPS) is 11.8. The summed E-state index contributed by atoms with van der Waals surface area (Å²) in [6.07, 6.45) is 1.54. The van der Waals surface area contributed by atoms with Crippen molar-refractivity contribution in [2.75, 3.05) is 0 Å². The van der Waals surface area contributed by atoms with Gasteiger partial charge in [-0.2, -0.15) is 0 Å². The standard InChI is InChI=1S/C4H6NO4PS/c6-10(7,8)9-3-4-5-1-2-11-4/h1-2H,3H2,(H2,6,7,8). The first-order valence-electron chi connectivity index (χ1n) is 2.66. The van der Waals surface area contributed by atoms with Crippen LogP contribution in [-0.2, 0) is 15.7 Å². The molecule has 0 bridgehead atoms. The number of phosphoric acid groups is 1. The van der Waals surface area contributed by atoms with Crippen LogP contribution in [0.2, 0.25) is 0 Å². The van der Waals surface area contributed by atoms with Crippen LogP contribution in [0, 0.1) is 0 Å². The molecular formula is C4H6NO4PS. The molecule has 1 rings (SSSR count). The van der Waals surface area contributed by atoms with Crippen LogP contribution in [0.25, 0.3) is 0 Å². The minimum Gasteiger partial charge on any atom is -0.303 e. The summed E-state index contributed by atoms with van der Waals surface area (Å²) in [5.74, 6) is 0. The summed E-state index contributed by atoms with van der Waals surface area (Å²) in [5, 5.41) is 2.26. The molecule has 0 spiro atoms. The van der Waals surface area contributed by atoms with Crippen molar-refractivity contribution in [3.8, 4) is 0 Å². The highest BCUT2D eigenvalue weighted by Gasteiger charge is 2.13. The largest absolute Gasteiger partial charge is 0.469 e. The SMILES string of the molecule is O=P(O)(O)OCc1nccs1. The molecule has 0 aliphatic heterocycles. The smallest absolute Gasteiger partial charge is 0.303 e. The van der Waals surface area contributed by atoms with Crippen LogP contribution in [0.5, 0.6) is 0 Å². The fourth-order valence-corrected chi connectivity index (χ4v) is 1.37. The zero-order valence-corrected chi connectivity index (χ0v) is 7.09. The maximum absolute atomic E-state index is 10.2. The van der Waals surface area contributed by atoms with Crippen LogP contribution in [0.15, 0.2) is 11.6 Å². The molecule has 0 aliphatic carbocycles. The summed E-state index contributed by atoms with van der Waals surface area (Å²) in [7, 11) is -4.34. The summed E-state index contributed by atoms with van der Waals surface area (Å²) in [6, 6.07) is 0. The highest BCUT2D eigenvalue weighted by Crippen LogP contribution is 2.36. The Morgan fingerprint density at radius 1 is 1.73 bits per heavy atom. The van der Waals surface area contributed by atoms with E-state index in [1.807, 2.05) is 0 Å². The lowest BCUT2D eigenvalue weighted by Crippen LogP contribution is -1.88. The number of nitrogens with zero attached hydrogens (tertiary/aromatic N) is 1. The van der Waals surface area contributed by atoms with E-state index in [2.05, 4.69) is 9.51 Å². The highest BCUT2D eigenvalue weighted by molar-refractivity contribution is 7.46. The Kier molecular flexibility index (Phi) is 2.75. The van der Waals surface area contributed by atoms with Gasteiger partial charge in [0.1, 0.15) is 11.6 Å². The molecule has 2 N–H and O–H groups in total. The van der Waals surface area contributed by atoms with E-state index in [-0.39, 0.29) is 6.61 Å². The van der Waals surface area contributed by atoms with Crippen molar-refractivity contribution >= 4 is 19.2 Å². The summed E-state index contributed by atoms with van der Waals surface area (Å²) < 4.78 is 14.4. The van der Waals surface area contributed by atoms with Crippen LogP contribution in [0.4, 0.5) is 0 Å². The second-order valence-corrected chi connectivity index (χ2v) is 3.91. The lowest BCUT2D eigenvalue weighted by molar-refractivity contribution is 0.189. The molecule has 62 valence electrons. The van der Waals surface area contributed by atoms with E-state index >= 15 is 0 Å². The molecule has 0 amide bonds. The van der Waals surface area contributed by atoms with Crippen LogP contribution < -0.4 is 0 Å². The van der Waals surface area contributed by atoms with Gasteiger partial charge in [-0.25, -0.2) is 9.55 Å². The fraction of sp³-hybridized carbons (Fsp3) is 0.250. The second kappa shape index (κ2) is 3.42. The molecule has 0 saturated carbocycles. The quantitative estimate of drug-likeness (QED) is 0.695. The summed E-state index contributed by atoms with van der Waals surface area (Å²) in [5.41, 5.74) is 0. The van der Waals surface area contributed by atoms with Gasteiger partial charge in [0.2, 0.25) is 0 Å². The van der Waals surface area contributed by atoms with E-state index in [0.29, 0.717) is 5.01 Å². The van der Waals surface area contributed by atoms with Gasteiger partial charge in [0.15, 0.2) is 0 Å². The first-order chi connectivity index (χ1) is 5.08. The maximum atomic E-state index is 10.2. The highest BCUT2D eigenvalue weighted by atomic mass is 32.1. The van der Waals surface area contributed by atoms with E-state index in [1.165, 1.54) is 11.3 Å². The average Bonchev–Trinajstić information content (AvgIpc) is 2.32. The van der Waals surface area contributed by atoms with Crippen LogP contribution >= 0.6 is 19.2 Å². The van der Waals surface area contributed by atoms with Gasteiger partial charge in [-0.15, -0.1) is 11.3 Å². The molecule has 11 heavy (non-hydrogen) atoms. The van der Waals surface area contributed by atoms with Crippen molar-refractivity contribution in [2.24, 2.45) is 0 Å². The number of thiazole rings is 1. The van der Waals surface area contributed by atoms with Gasteiger partial charge in [0.25, 0.3) is 0 Å². The Labute approximate surface area is 66.9 Å². The van der Waals surface area contributed by atoms with Crippen LogP contribution in [0.1, 0.15) is 5.01 Å². The zero-order valence-electron chi connectivity index (χ0n) is 5.38. The molecular weight excluding hydrogens is 189 g/mol. The Hall–Kier alpha value is -0.260. The van der Waals surface area contributed by atoms with E-state index in [0.717, 1.165) is 0 Å². The molecule has 0 aliphatic rings. The third-order valence-electron chi connectivity index (χ3n) is 0.840. The predicted octanol–water partition coefficient (Wildman–Crippen LogP) is 0.752. The number of phosphoric ester groups is 1. The minimum absolute atomic E-state index is 0.137. The Morgan fingerprint density at radius 3 is 2.91 bits per heavy atom. The third-order valence-corrected chi connectivity index (χ3v) is 2.06. The number of aromatic nitrogens is 1. The van der Waals surface area contributed by atoms with Crippen LogP contribution in [-0.4, -0.2) is 14.8 Å². The van der Waals surface area contributed by atoms with E-state index in [9.17, 15) is 4.57 Å². The molecule has 0 aromatic carbocycles. The molecule has 1 aromatic heterocycles. The number of rotatable bonds is 3. The van der Waals surface area contributed by atoms with Gasteiger partial charge in [-0.1, -0.05) is 0 Å². The first kappa shape index (κ1) is 8.83. The van der Waals surface area contributed by atoms with Crippen molar-refractivity contribution in [3.63, 3.8) is 0 Å². The molecule has 7 heteroatoms. The Bertz CT molecular complexity index is 255. The molecule has 1 heterocycles. The summed E-state index contributed by atoms with van der Waals surface area (Å²) in [6.45, 7) is -0.137. The van der Waals surface area contributed by atoms with E-state index in [4.69, 9.17) is 9.79 Å². The van der Waals surface area contributed by atoms with Crippen molar-refractivity contribution in [1.29, 1.82) is 0 Å². The Morgan fingerprint density at radius 2 is 2.45 bits per heavy atom. The fourth-order valence-electron chi connectivity index (χ4n) is 0.464. The summed E-state index contributed by atoms with van der Waals surface area (Å²) >= 11 is 1.28. The van der Waals surface area contributed by atoms with Gasteiger partial charge < -0.3 is 9.79 Å². The van der Waals surface area contributed by atoms with Gasteiger partial charge in [0.05, 0.1) is 0 Å². The molecule has 0 fully saturated rings. The van der Waals surface area contributed by atoms with Crippen molar-refractivity contribution in [2.45, 2.75) is 6.61 Å². The van der Waals surface area contributed by atoms with Gasteiger partial charge in [-0.05, 0) is 0 Å². The van der Waals surface area contributed by atoms with Gasteiger partial charge >= 0.3 is 7.82 Å². The van der Waals surface area contributed by atoms with Crippen molar-refractivity contribution in [1.82, 2.24) is 4.98 Å². The van der Waals surface area contributed by atoms with Crippen molar-refractivity contribution in [3.05, 3.63) is 16.6 Å². The average molecular weight is 195 g/mol. The van der Waals surface area contributed by atoms with Gasteiger partial charge in [-0.3, -0.25) is 4.52 Å². The lowest BCUT2D eigenvalue weighted by Gasteiger charge is -2.01. The molecule has 5 nitrogen and oxygen atoms in total. The Balaban J connectivity index is 2.41. The molecule has 0 radical (unpaired) electrons. The molecule has 0 unspecified atom stereocenters. The number of hydrogen-bond donors (Lipinski definition) is 2. The second-order valence-electron chi connectivity index (χ2n) is 1.69. The van der Waals surface area contributed by atoms with Crippen molar-refractivity contribution < 1.29 is 18.9 Å². The molecule has 0 saturated heterocycles. The van der Waals surface area contributed by atoms with E-state index in [1.54, 1.807) is 11.6 Å². The molecule has 0 atom stereocenters. The maximum Gasteiger partial charge on any atom is 0.469 e. The predicted molar refractivity (Wildman–Crippen MR) is 38.9 cm³/mol.